The van der Waals surface area contributed by atoms with Crippen LogP contribution in [-0.2, 0) is 0 Å². The van der Waals surface area contributed by atoms with Crippen molar-refractivity contribution in [3.63, 3.8) is 0 Å². The molecule has 0 atom stereocenters. The van der Waals surface area contributed by atoms with E-state index < -0.39 is 0 Å². The van der Waals surface area contributed by atoms with Crippen molar-refractivity contribution in [3.05, 3.63) is 0 Å². The lowest BCUT2D eigenvalue weighted by Crippen LogP contribution is -2.66. The van der Waals surface area contributed by atoms with E-state index in [0.29, 0.717) is 12.1 Å². The van der Waals surface area contributed by atoms with Gasteiger partial charge in [-0.3, -0.25) is 0 Å². The van der Waals surface area contributed by atoms with Crippen LogP contribution in [0.2, 0.25) is 0 Å². The van der Waals surface area contributed by atoms with Crippen molar-refractivity contribution in [2.45, 2.75) is 115 Å². The maximum absolute atomic E-state index is 10.5. The predicted octanol–water partition coefficient (Wildman–Crippen LogP) is 3.40. The molecule has 23 heavy (non-hydrogen) atoms. The van der Waals surface area contributed by atoms with E-state index in [1.54, 1.807) is 0 Å². The van der Waals surface area contributed by atoms with Gasteiger partial charge in [0.1, 0.15) is 0 Å². The number of rotatable bonds is 2. The second-order valence-electron chi connectivity index (χ2n) is 10.3. The molecule has 0 radical (unpaired) electrons. The molecular weight excluding hydrogens is 290 g/mol. The number of hydroxylamine groups is 4. The van der Waals surface area contributed by atoms with Gasteiger partial charge in [0.2, 0.25) is 0 Å². The average Bonchev–Trinajstić information content (AvgIpc) is 2.31. The first kappa shape index (κ1) is 19.1. The van der Waals surface area contributed by atoms with Crippen LogP contribution in [0.1, 0.15) is 81.1 Å². The van der Waals surface area contributed by atoms with Crippen LogP contribution in [0.15, 0.2) is 0 Å². The Kier molecular flexibility index (Phi) is 4.71. The van der Waals surface area contributed by atoms with Crippen LogP contribution in [-0.4, -0.2) is 54.8 Å². The lowest BCUT2D eigenvalue weighted by Gasteiger charge is -2.55. The van der Waals surface area contributed by atoms with Crippen LogP contribution >= 0.6 is 0 Å². The molecule has 2 rings (SSSR count). The Morgan fingerprint density at radius 1 is 0.609 bits per heavy atom. The van der Waals surface area contributed by atoms with Gasteiger partial charge >= 0.3 is 0 Å². The van der Waals surface area contributed by atoms with E-state index in [1.165, 1.54) is 10.1 Å². The van der Waals surface area contributed by atoms with Gasteiger partial charge in [-0.1, -0.05) is 0 Å². The Labute approximate surface area is 141 Å². The summed E-state index contributed by atoms with van der Waals surface area (Å²) in [4.78, 5) is 0. The van der Waals surface area contributed by atoms with Crippen molar-refractivity contribution in [2.24, 2.45) is 0 Å². The summed E-state index contributed by atoms with van der Waals surface area (Å²) >= 11 is 0. The Morgan fingerprint density at radius 3 is 1.04 bits per heavy atom. The molecule has 2 fully saturated rings. The van der Waals surface area contributed by atoms with E-state index in [2.05, 4.69) is 60.7 Å². The lowest BCUT2D eigenvalue weighted by atomic mass is 9.76. The van der Waals surface area contributed by atoms with Gasteiger partial charge in [0, 0.05) is 34.2 Å². The largest absolute Gasteiger partial charge is 0.313 e. The van der Waals surface area contributed by atoms with Gasteiger partial charge in [-0.15, -0.1) is 0 Å². The molecule has 3 N–H and O–H groups in total. The van der Waals surface area contributed by atoms with E-state index in [0.717, 1.165) is 25.7 Å². The number of piperidine rings is 2. The number of nitrogens with zero attached hydrogens (tertiary/aromatic N) is 2. The Balaban J connectivity index is 2.10. The first-order valence-corrected chi connectivity index (χ1v) is 8.92. The van der Waals surface area contributed by atoms with Crippen molar-refractivity contribution < 1.29 is 10.4 Å². The predicted molar refractivity (Wildman–Crippen MR) is 92.7 cm³/mol. The number of nitrogens with one attached hydrogen (secondary N) is 1. The minimum absolute atomic E-state index is 0.234. The van der Waals surface area contributed by atoms with Crippen LogP contribution in [0.25, 0.3) is 0 Å². The third-order valence-corrected chi connectivity index (χ3v) is 5.75. The highest BCUT2D eigenvalue weighted by Gasteiger charge is 2.48. The molecule has 5 nitrogen and oxygen atoms in total. The van der Waals surface area contributed by atoms with Gasteiger partial charge in [-0.25, -0.2) is 0 Å². The molecule has 2 heterocycles. The minimum atomic E-state index is -0.234. The van der Waals surface area contributed by atoms with E-state index >= 15 is 0 Å². The van der Waals surface area contributed by atoms with Gasteiger partial charge < -0.3 is 15.7 Å². The summed E-state index contributed by atoms with van der Waals surface area (Å²) < 4.78 is 0. The molecule has 0 amide bonds. The number of hydrogen-bond donors (Lipinski definition) is 3. The lowest BCUT2D eigenvalue weighted by molar-refractivity contribution is -0.254. The average molecular weight is 328 g/mol. The normalized spacial score (nSPS) is 32.1. The quantitative estimate of drug-likeness (QED) is 0.726. The molecule has 2 aliphatic heterocycles. The molecule has 0 saturated carbocycles. The molecular formula is C18H37N3O2. The van der Waals surface area contributed by atoms with E-state index in [-0.39, 0.29) is 22.2 Å². The SMILES string of the molecule is CC1(C)CC(NC2CC(C)(C)N(O)C(C)(C)C2)CC(C)(C)N1O. The fourth-order valence-electron chi connectivity index (χ4n) is 5.11. The summed E-state index contributed by atoms with van der Waals surface area (Å²) in [7, 11) is 0. The van der Waals surface area contributed by atoms with Gasteiger partial charge in [-0.2, -0.15) is 10.1 Å². The molecule has 0 aliphatic carbocycles. The van der Waals surface area contributed by atoms with Crippen LogP contribution in [0.4, 0.5) is 0 Å². The van der Waals surface area contributed by atoms with Crippen molar-refractivity contribution in [2.75, 3.05) is 0 Å². The Morgan fingerprint density at radius 2 is 0.826 bits per heavy atom. The third kappa shape index (κ3) is 3.74. The zero-order valence-corrected chi connectivity index (χ0v) is 16.3. The monoisotopic (exact) mass is 327 g/mol. The topological polar surface area (TPSA) is 59.0 Å². The summed E-state index contributed by atoms with van der Waals surface area (Å²) in [6.45, 7) is 16.8. The van der Waals surface area contributed by atoms with Gasteiger partial charge in [0.15, 0.2) is 0 Å². The van der Waals surface area contributed by atoms with Crippen molar-refractivity contribution >= 4 is 0 Å². The Hall–Kier alpha value is -0.200. The molecule has 0 aromatic rings. The molecule has 0 aromatic carbocycles. The molecule has 0 spiro atoms. The van der Waals surface area contributed by atoms with Crippen LogP contribution < -0.4 is 5.32 Å². The maximum atomic E-state index is 10.5. The molecule has 0 bridgehead atoms. The molecule has 2 saturated heterocycles. The summed E-state index contributed by atoms with van der Waals surface area (Å²) in [6, 6.07) is 0.760. The van der Waals surface area contributed by atoms with Crippen LogP contribution in [0, 0.1) is 0 Å². The Bertz CT molecular complexity index is 370. The second kappa shape index (κ2) is 5.67. The number of hydrogen-bond acceptors (Lipinski definition) is 5. The fourth-order valence-corrected chi connectivity index (χ4v) is 5.11. The van der Waals surface area contributed by atoms with E-state index in [4.69, 9.17) is 0 Å². The summed E-state index contributed by atoms with van der Waals surface area (Å²) in [5.74, 6) is 0. The highest BCUT2D eigenvalue weighted by atomic mass is 16.5. The summed E-state index contributed by atoms with van der Waals surface area (Å²) in [6.07, 6.45) is 3.69. The van der Waals surface area contributed by atoms with Crippen molar-refractivity contribution in [3.8, 4) is 0 Å². The van der Waals surface area contributed by atoms with E-state index in [1.807, 2.05) is 0 Å². The third-order valence-electron chi connectivity index (χ3n) is 5.75. The maximum Gasteiger partial charge on any atom is 0.0425 e. The molecule has 0 unspecified atom stereocenters. The zero-order chi connectivity index (χ0) is 17.8. The smallest absolute Gasteiger partial charge is 0.0425 e. The van der Waals surface area contributed by atoms with E-state index in [9.17, 15) is 10.4 Å². The highest BCUT2D eigenvalue weighted by molar-refractivity contribution is 5.03. The van der Waals surface area contributed by atoms with Crippen molar-refractivity contribution in [1.29, 1.82) is 0 Å². The van der Waals surface area contributed by atoms with Gasteiger partial charge in [-0.05, 0) is 81.1 Å². The molecule has 2 aliphatic rings. The molecule has 0 aromatic heterocycles. The van der Waals surface area contributed by atoms with Crippen LogP contribution in [0.3, 0.4) is 0 Å². The van der Waals surface area contributed by atoms with Crippen LogP contribution in [0.5, 0.6) is 0 Å². The van der Waals surface area contributed by atoms with Gasteiger partial charge in [0.25, 0.3) is 0 Å². The fraction of sp³-hybridized carbons (Fsp3) is 1.00. The second-order valence-corrected chi connectivity index (χ2v) is 10.3. The summed E-state index contributed by atoms with van der Waals surface area (Å²) in [5, 5.41) is 27.8. The minimum Gasteiger partial charge on any atom is -0.313 e. The molecule has 136 valence electrons. The standard InChI is InChI=1S/C18H37N3O2/c1-15(2)9-13(10-16(3,4)20(15)22)19-14-11-17(5,6)21(23)18(7,8)12-14/h13-14,19,22-23H,9-12H2,1-8H3. The first-order chi connectivity index (χ1) is 10.2. The first-order valence-electron chi connectivity index (χ1n) is 8.92. The molecule has 5 heteroatoms. The van der Waals surface area contributed by atoms with Gasteiger partial charge in [0.05, 0.1) is 0 Å². The summed E-state index contributed by atoms with van der Waals surface area (Å²) in [5.41, 5.74) is -0.936. The zero-order valence-electron chi connectivity index (χ0n) is 16.3. The highest BCUT2D eigenvalue weighted by Crippen LogP contribution is 2.40. The van der Waals surface area contributed by atoms with Crippen molar-refractivity contribution in [1.82, 2.24) is 15.4 Å².